The van der Waals surface area contributed by atoms with Gasteiger partial charge in [-0.15, -0.1) is 6.58 Å². The highest BCUT2D eigenvalue weighted by Crippen LogP contribution is 2.29. The van der Waals surface area contributed by atoms with Gasteiger partial charge in [0.25, 0.3) is 0 Å². The molecule has 0 amide bonds. The van der Waals surface area contributed by atoms with E-state index in [-0.39, 0.29) is 0 Å². The highest BCUT2D eigenvalue weighted by molar-refractivity contribution is 4.81. The van der Waals surface area contributed by atoms with Crippen LogP contribution in [-0.4, -0.2) is 0 Å². The second-order valence-electron chi connectivity index (χ2n) is 3.64. The van der Waals surface area contributed by atoms with Crippen molar-refractivity contribution in [2.45, 2.75) is 34.1 Å². The molecule has 0 aliphatic carbocycles. The molecule has 0 aromatic heterocycles. The summed E-state index contributed by atoms with van der Waals surface area (Å²) in [4.78, 5) is 0. The maximum atomic E-state index is 3.73. The lowest BCUT2D eigenvalue weighted by atomic mass is 9.78. The van der Waals surface area contributed by atoms with Crippen LogP contribution >= 0.6 is 0 Å². The van der Waals surface area contributed by atoms with Gasteiger partial charge in [0.15, 0.2) is 0 Å². The fourth-order valence-electron chi connectivity index (χ4n) is 0.608. The fraction of sp³-hybridized carbons (Fsp3) is 0.778. The molecule has 0 aromatic rings. The van der Waals surface area contributed by atoms with Crippen LogP contribution in [0.3, 0.4) is 0 Å². The topological polar surface area (TPSA) is 0 Å². The summed E-state index contributed by atoms with van der Waals surface area (Å²) in [5.41, 5.74) is 0.432. The van der Waals surface area contributed by atoms with E-state index in [9.17, 15) is 0 Å². The van der Waals surface area contributed by atoms with E-state index in [1.807, 2.05) is 6.08 Å². The molecule has 0 heteroatoms. The van der Waals surface area contributed by atoms with Gasteiger partial charge in [-0.05, 0) is 17.8 Å². The Hall–Kier alpha value is -0.260. The average molecular weight is 126 g/mol. The predicted molar refractivity (Wildman–Crippen MR) is 43.4 cm³/mol. The molecule has 0 bridgehead atoms. The molecule has 0 N–H and O–H groups in total. The van der Waals surface area contributed by atoms with Gasteiger partial charge in [0.2, 0.25) is 0 Å². The van der Waals surface area contributed by atoms with E-state index in [4.69, 9.17) is 0 Å². The molecule has 0 saturated carbocycles. The van der Waals surface area contributed by atoms with Gasteiger partial charge in [0, 0.05) is 0 Å². The van der Waals surface area contributed by atoms with Crippen molar-refractivity contribution in [3.8, 4) is 0 Å². The molecule has 0 aromatic carbocycles. The highest BCUT2D eigenvalue weighted by atomic mass is 14.2. The third kappa shape index (κ3) is 2.69. The van der Waals surface area contributed by atoms with Gasteiger partial charge in [-0.3, -0.25) is 0 Å². The Balaban J connectivity index is 3.84. The summed E-state index contributed by atoms with van der Waals surface area (Å²) in [5, 5.41) is 0. The van der Waals surface area contributed by atoms with Gasteiger partial charge in [-0.1, -0.05) is 33.8 Å². The molecular weight excluding hydrogens is 108 g/mol. The number of rotatable bonds is 3. The zero-order valence-corrected chi connectivity index (χ0v) is 7.07. The summed E-state index contributed by atoms with van der Waals surface area (Å²) in [7, 11) is 0. The number of hydrogen-bond donors (Lipinski definition) is 0. The van der Waals surface area contributed by atoms with Crippen molar-refractivity contribution in [3.05, 3.63) is 12.7 Å². The van der Waals surface area contributed by atoms with E-state index in [1.165, 1.54) is 0 Å². The largest absolute Gasteiger partial charge is 0.103 e. The Morgan fingerprint density at radius 1 is 1.44 bits per heavy atom. The lowest BCUT2D eigenvalue weighted by molar-refractivity contribution is 0.253. The molecule has 0 heterocycles. The molecule has 0 aliphatic rings. The Bertz CT molecular complexity index is 88.2. The van der Waals surface area contributed by atoms with Crippen molar-refractivity contribution < 1.29 is 0 Å². The van der Waals surface area contributed by atoms with E-state index in [2.05, 4.69) is 34.3 Å². The average Bonchev–Trinajstić information content (AvgIpc) is 1.65. The van der Waals surface area contributed by atoms with Crippen molar-refractivity contribution in [2.75, 3.05) is 0 Å². The minimum atomic E-state index is 0.432. The zero-order valence-electron chi connectivity index (χ0n) is 7.07. The molecule has 9 heavy (non-hydrogen) atoms. The minimum absolute atomic E-state index is 0.432. The van der Waals surface area contributed by atoms with Gasteiger partial charge in [0.05, 0.1) is 0 Å². The Morgan fingerprint density at radius 3 is 2.00 bits per heavy atom. The van der Waals surface area contributed by atoms with Gasteiger partial charge in [0.1, 0.15) is 0 Å². The Morgan fingerprint density at radius 2 is 1.89 bits per heavy atom. The maximum Gasteiger partial charge on any atom is -0.0297 e. The monoisotopic (exact) mass is 126 g/mol. The van der Waals surface area contributed by atoms with Crippen LogP contribution in [0.4, 0.5) is 0 Å². The second-order valence-corrected chi connectivity index (χ2v) is 3.64. The smallest absolute Gasteiger partial charge is 0.0297 e. The quantitative estimate of drug-likeness (QED) is 0.509. The van der Waals surface area contributed by atoms with Gasteiger partial charge in [-0.2, -0.15) is 0 Å². The van der Waals surface area contributed by atoms with Crippen LogP contribution < -0.4 is 0 Å². The van der Waals surface area contributed by atoms with Crippen LogP contribution in [0.25, 0.3) is 0 Å². The Kier molecular flexibility index (Phi) is 2.96. The van der Waals surface area contributed by atoms with Crippen LogP contribution in [0.5, 0.6) is 0 Å². The second kappa shape index (κ2) is 3.05. The summed E-state index contributed by atoms with van der Waals surface area (Å²) in [6, 6.07) is 0. The first-order valence-corrected chi connectivity index (χ1v) is 3.61. The molecule has 0 atom stereocenters. The van der Waals surface area contributed by atoms with Gasteiger partial charge in [-0.25, -0.2) is 0 Å². The normalized spacial score (nSPS) is 12.1. The lowest BCUT2D eigenvalue weighted by Crippen LogP contribution is -2.17. The van der Waals surface area contributed by atoms with Crippen LogP contribution in [0.2, 0.25) is 0 Å². The van der Waals surface area contributed by atoms with Gasteiger partial charge < -0.3 is 0 Å². The van der Waals surface area contributed by atoms with E-state index in [0.717, 1.165) is 12.3 Å². The zero-order chi connectivity index (χ0) is 7.49. The lowest BCUT2D eigenvalue weighted by Gasteiger charge is -2.27. The van der Waals surface area contributed by atoms with Crippen molar-refractivity contribution in [1.82, 2.24) is 0 Å². The predicted octanol–water partition coefficient (Wildman–Crippen LogP) is 3.24. The molecule has 54 valence electrons. The summed E-state index contributed by atoms with van der Waals surface area (Å²) < 4.78 is 0. The third-order valence-electron chi connectivity index (χ3n) is 2.23. The first-order chi connectivity index (χ1) is 4.00. The minimum Gasteiger partial charge on any atom is -0.103 e. The highest BCUT2D eigenvalue weighted by Gasteiger charge is 2.19. The van der Waals surface area contributed by atoms with E-state index >= 15 is 0 Å². The van der Waals surface area contributed by atoms with E-state index in [1.54, 1.807) is 0 Å². The molecule has 0 spiro atoms. The summed E-state index contributed by atoms with van der Waals surface area (Å²) >= 11 is 0. The van der Waals surface area contributed by atoms with Crippen molar-refractivity contribution in [2.24, 2.45) is 11.3 Å². The maximum absolute atomic E-state index is 3.73. The Labute approximate surface area is 59.0 Å². The van der Waals surface area contributed by atoms with Crippen molar-refractivity contribution >= 4 is 0 Å². The first kappa shape index (κ1) is 8.74. The van der Waals surface area contributed by atoms with E-state index < -0.39 is 0 Å². The molecule has 0 aliphatic heterocycles. The van der Waals surface area contributed by atoms with Crippen molar-refractivity contribution in [3.63, 3.8) is 0 Å². The summed E-state index contributed by atoms with van der Waals surface area (Å²) in [6.07, 6.45) is 3.12. The van der Waals surface area contributed by atoms with E-state index in [0.29, 0.717) is 5.41 Å². The van der Waals surface area contributed by atoms with Crippen molar-refractivity contribution in [1.29, 1.82) is 0 Å². The summed E-state index contributed by atoms with van der Waals surface area (Å²) in [6.45, 7) is 12.8. The van der Waals surface area contributed by atoms with Crippen LogP contribution in [-0.2, 0) is 0 Å². The molecule has 0 rings (SSSR count). The molecular formula is C9H18. The molecule has 0 fully saturated rings. The fourth-order valence-corrected chi connectivity index (χ4v) is 0.608. The molecule has 0 saturated heterocycles. The first-order valence-electron chi connectivity index (χ1n) is 3.61. The number of hydrogen-bond acceptors (Lipinski definition) is 0. The van der Waals surface area contributed by atoms with Gasteiger partial charge >= 0.3 is 0 Å². The standard InChI is InChI=1S/C9H18/c1-6-7-9(4,5)8(2)3/h6,8H,1,7H2,2-5H3. The third-order valence-corrected chi connectivity index (χ3v) is 2.23. The molecule has 0 unspecified atom stereocenters. The molecule has 0 radical (unpaired) electrons. The van der Waals surface area contributed by atoms with Crippen LogP contribution in [0.15, 0.2) is 12.7 Å². The molecule has 0 nitrogen and oxygen atoms in total. The number of allylic oxidation sites excluding steroid dienone is 1. The van der Waals surface area contributed by atoms with Crippen LogP contribution in [0.1, 0.15) is 34.1 Å². The summed E-state index contributed by atoms with van der Waals surface area (Å²) in [5.74, 6) is 0.746. The van der Waals surface area contributed by atoms with Crippen LogP contribution in [0, 0.1) is 11.3 Å². The SMILES string of the molecule is C=CCC(C)(C)C(C)C.